The van der Waals surface area contributed by atoms with Crippen molar-refractivity contribution in [3.8, 4) is 0 Å². The molecule has 1 fully saturated rings. The monoisotopic (exact) mass is 258 g/mol. The van der Waals surface area contributed by atoms with E-state index >= 15 is 0 Å². The number of rotatable bonds is 4. The van der Waals surface area contributed by atoms with Crippen LogP contribution in [0.2, 0.25) is 0 Å². The molecule has 0 aliphatic carbocycles. The summed E-state index contributed by atoms with van der Waals surface area (Å²) in [6.45, 7) is 6.61. The molecule has 2 aromatic heterocycles. The van der Waals surface area contributed by atoms with E-state index in [0.717, 1.165) is 18.7 Å². The molecule has 1 saturated heterocycles. The van der Waals surface area contributed by atoms with Gasteiger partial charge in [0.25, 0.3) is 0 Å². The molecule has 1 unspecified atom stereocenters. The molecule has 4 nitrogen and oxygen atoms in total. The SMILES string of the molecule is CC(C)NCC1CCCN1c1cccc2nccn12. The summed E-state index contributed by atoms with van der Waals surface area (Å²) >= 11 is 0. The third kappa shape index (κ3) is 2.45. The lowest BCUT2D eigenvalue weighted by Gasteiger charge is -2.28. The van der Waals surface area contributed by atoms with Gasteiger partial charge in [0.05, 0.1) is 0 Å². The smallest absolute Gasteiger partial charge is 0.138 e. The molecule has 19 heavy (non-hydrogen) atoms. The van der Waals surface area contributed by atoms with Crippen LogP contribution in [0.25, 0.3) is 5.65 Å². The molecular weight excluding hydrogens is 236 g/mol. The maximum absolute atomic E-state index is 4.37. The van der Waals surface area contributed by atoms with E-state index in [1.807, 2.05) is 6.20 Å². The van der Waals surface area contributed by atoms with Crippen molar-refractivity contribution in [1.82, 2.24) is 14.7 Å². The maximum Gasteiger partial charge on any atom is 0.138 e. The molecule has 1 atom stereocenters. The summed E-state index contributed by atoms with van der Waals surface area (Å²) in [4.78, 5) is 6.89. The number of hydrogen-bond donors (Lipinski definition) is 1. The van der Waals surface area contributed by atoms with E-state index in [1.54, 1.807) is 0 Å². The van der Waals surface area contributed by atoms with Gasteiger partial charge in [-0.25, -0.2) is 4.98 Å². The van der Waals surface area contributed by atoms with Crippen LogP contribution < -0.4 is 10.2 Å². The average molecular weight is 258 g/mol. The lowest BCUT2D eigenvalue weighted by atomic mass is 10.2. The van der Waals surface area contributed by atoms with Crippen LogP contribution in [0.3, 0.4) is 0 Å². The Morgan fingerprint density at radius 2 is 2.32 bits per heavy atom. The summed E-state index contributed by atoms with van der Waals surface area (Å²) in [5.74, 6) is 1.27. The highest BCUT2D eigenvalue weighted by molar-refractivity contribution is 5.52. The van der Waals surface area contributed by atoms with Crippen molar-refractivity contribution in [3.63, 3.8) is 0 Å². The lowest BCUT2D eigenvalue weighted by Crippen LogP contribution is -2.40. The summed E-state index contributed by atoms with van der Waals surface area (Å²) in [5, 5.41) is 3.56. The molecule has 102 valence electrons. The highest BCUT2D eigenvalue weighted by atomic mass is 15.3. The van der Waals surface area contributed by atoms with E-state index < -0.39 is 0 Å². The molecule has 3 rings (SSSR count). The molecule has 3 heterocycles. The van der Waals surface area contributed by atoms with Gasteiger partial charge in [-0.1, -0.05) is 19.9 Å². The molecule has 0 amide bonds. The molecule has 0 aromatic carbocycles. The minimum Gasteiger partial charge on any atom is -0.353 e. The summed E-state index contributed by atoms with van der Waals surface area (Å²) in [6.07, 6.45) is 6.46. The van der Waals surface area contributed by atoms with E-state index in [0.29, 0.717) is 12.1 Å². The third-order valence-electron chi connectivity index (χ3n) is 3.84. The third-order valence-corrected chi connectivity index (χ3v) is 3.84. The first-order valence-corrected chi connectivity index (χ1v) is 7.18. The van der Waals surface area contributed by atoms with E-state index in [-0.39, 0.29) is 0 Å². The van der Waals surface area contributed by atoms with Crippen LogP contribution in [0.5, 0.6) is 0 Å². The Kier molecular flexibility index (Phi) is 3.42. The van der Waals surface area contributed by atoms with Gasteiger partial charge in [-0.05, 0) is 25.0 Å². The van der Waals surface area contributed by atoms with Crippen molar-refractivity contribution >= 4 is 11.5 Å². The summed E-state index contributed by atoms with van der Waals surface area (Å²) < 4.78 is 2.19. The van der Waals surface area contributed by atoms with E-state index in [9.17, 15) is 0 Å². The van der Waals surface area contributed by atoms with Crippen LogP contribution in [-0.2, 0) is 0 Å². The Labute approximate surface area is 114 Å². The maximum atomic E-state index is 4.37. The number of hydrogen-bond acceptors (Lipinski definition) is 3. The van der Waals surface area contributed by atoms with Crippen molar-refractivity contribution < 1.29 is 0 Å². The lowest BCUT2D eigenvalue weighted by molar-refractivity contribution is 0.522. The Bertz CT molecular complexity index is 546. The van der Waals surface area contributed by atoms with Gasteiger partial charge in [-0.15, -0.1) is 0 Å². The molecule has 1 aliphatic rings. The summed E-state index contributed by atoms with van der Waals surface area (Å²) in [6, 6.07) is 7.49. The largest absolute Gasteiger partial charge is 0.353 e. The topological polar surface area (TPSA) is 32.6 Å². The molecule has 4 heteroatoms. The first kappa shape index (κ1) is 12.5. The predicted molar refractivity (Wildman–Crippen MR) is 78.7 cm³/mol. The number of fused-ring (bicyclic) bond motifs is 1. The highest BCUT2D eigenvalue weighted by Crippen LogP contribution is 2.25. The van der Waals surface area contributed by atoms with Crippen molar-refractivity contribution in [1.29, 1.82) is 0 Å². The fraction of sp³-hybridized carbons (Fsp3) is 0.533. The average Bonchev–Trinajstić information content (AvgIpc) is 3.04. The van der Waals surface area contributed by atoms with Crippen LogP contribution in [0.4, 0.5) is 5.82 Å². The van der Waals surface area contributed by atoms with E-state index in [1.165, 1.54) is 18.7 Å². The van der Waals surface area contributed by atoms with Gasteiger partial charge in [-0.3, -0.25) is 4.40 Å². The van der Waals surface area contributed by atoms with Gasteiger partial charge >= 0.3 is 0 Å². The molecule has 0 bridgehead atoms. The first-order valence-electron chi connectivity index (χ1n) is 7.18. The van der Waals surface area contributed by atoms with Gasteiger partial charge in [-0.2, -0.15) is 0 Å². The molecule has 1 N–H and O–H groups in total. The number of nitrogens with one attached hydrogen (secondary N) is 1. The van der Waals surface area contributed by atoms with Gasteiger partial charge in [0.15, 0.2) is 0 Å². The molecule has 0 radical (unpaired) electrons. The van der Waals surface area contributed by atoms with Crippen molar-refractivity contribution in [2.75, 3.05) is 18.0 Å². The molecule has 0 saturated carbocycles. The highest BCUT2D eigenvalue weighted by Gasteiger charge is 2.25. The van der Waals surface area contributed by atoms with Crippen LogP contribution in [-0.4, -0.2) is 34.6 Å². The van der Waals surface area contributed by atoms with Crippen molar-refractivity contribution in [3.05, 3.63) is 30.6 Å². The second-order valence-corrected chi connectivity index (χ2v) is 5.59. The van der Waals surface area contributed by atoms with Crippen LogP contribution in [0, 0.1) is 0 Å². The molecule has 0 spiro atoms. The molecule has 1 aliphatic heterocycles. The fourth-order valence-corrected chi connectivity index (χ4v) is 2.89. The Morgan fingerprint density at radius 1 is 1.42 bits per heavy atom. The summed E-state index contributed by atoms with van der Waals surface area (Å²) in [5.41, 5.74) is 1.03. The number of pyridine rings is 1. The van der Waals surface area contributed by atoms with Crippen molar-refractivity contribution in [2.45, 2.75) is 38.8 Å². The Morgan fingerprint density at radius 3 is 3.16 bits per heavy atom. The number of nitrogens with zero attached hydrogens (tertiary/aromatic N) is 3. The first-order chi connectivity index (χ1) is 9.25. The van der Waals surface area contributed by atoms with Crippen LogP contribution in [0.1, 0.15) is 26.7 Å². The number of imidazole rings is 1. The Balaban J connectivity index is 1.85. The predicted octanol–water partition coefficient (Wildman–Crippen LogP) is 2.30. The number of aromatic nitrogens is 2. The fourth-order valence-electron chi connectivity index (χ4n) is 2.89. The zero-order chi connectivity index (χ0) is 13.2. The van der Waals surface area contributed by atoms with Gasteiger partial charge in [0.2, 0.25) is 0 Å². The summed E-state index contributed by atoms with van der Waals surface area (Å²) in [7, 11) is 0. The molecule has 2 aromatic rings. The van der Waals surface area contributed by atoms with Gasteiger partial charge in [0, 0.05) is 37.6 Å². The minimum absolute atomic E-state index is 0.548. The zero-order valence-electron chi connectivity index (χ0n) is 11.7. The second kappa shape index (κ2) is 5.21. The quantitative estimate of drug-likeness (QED) is 0.913. The second-order valence-electron chi connectivity index (χ2n) is 5.59. The van der Waals surface area contributed by atoms with E-state index in [2.05, 4.69) is 57.8 Å². The van der Waals surface area contributed by atoms with Crippen LogP contribution >= 0.6 is 0 Å². The standard InChI is InChI=1S/C15H22N4/c1-12(2)17-11-13-5-4-9-18(13)15-7-3-6-14-16-8-10-19(14)15/h3,6-8,10,12-13,17H,4-5,9,11H2,1-2H3. The minimum atomic E-state index is 0.548. The van der Waals surface area contributed by atoms with E-state index in [4.69, 9.17) is 0 Å². The normalized spacial score (nSPS) is 19.7. The molecular formula is C15H22N4. The zero-order valence-corrected chi connectivity index (χ0v) is 11.7. The Hall–Kier alpha value is -1.55. The van der Waals surface area contributed by atoms with Crippen molar-refractivity contribution in [2.24, 2.45) is 0 Å². The van der Waals surface area contributed by atoms with Crippen LogP contribution in [0.15, 0.2) is 30.6 Å². The van der Waals surface area contributed by atoms with Gasteiger partial charge < -0.3 is 10.2 Å². The number of anilines is 1. The van der Waals surface area contributed by atoms with Gasteiger partial charge in [0.1, 0.15) is 11.5 Å².